The number of carbonyl (C=O) groups excluding carboxylic acids is 1. The van der Waals surface area contributed by atoms with E-state index in [0.717, 1.165) is 47.6 Å². The average Bonchev–Trinajstić information content (AvgIpc) is 2.73. The summed E-state index contributed by atoms with van der Waals surface area (Å²) >= 11 is 0. The van der Waals surface area contributed by atoms with Gasteiger partial charge in [0.1, 0.15) is 6.61 Å². The summed E-state index contributed by atoms with van der Waals surface area (Å²) in [7, 11) is 0. The van der Waals surface area contributed by atoms with Gasteiger partial charge in [-0.25, -0.2) is 0 Å². The van der Waals surface area contributed by atoms with Gasteiger partial charge in [-0.2, -0.15) is 0 Å². The number of hydrogen-bond acceptors (Lipinski definition) is 2. The summed E-state index contributed by atoms with van der Waals surface area (Å²) in [5.74, 6) is 0.0801. The highest BCUT2D eigenvalue weighted by atomic mass is 16.5. The van der Waals surface area contributed by atoms with Crippen LogP contribution in [0.2, 0.25) is 0 Å². The molecule has 1 aliphatic heterocycles. The standard InChI is InChI=1S/C26H26O2/c1-2-19-8-10-20(11-9-19)6-4-3-5-7-21-12-13-22-16-25-24(15-23(22)14-21)17-28-18-26(25)27/h5,7-16H,2-4,6,17-18H2,1H3. The van der Waals surface area contributed by atoms with Crippen molar-refractivity contribution in [3.05, 3.63) is 88.5 Å². The SMILES string of the molecule is CCc1ccc(CCCC=Cc2ccc3cc4c(cc3c2)COCC4=O)cc1. The van der Waals surface area contributed by atoms with Crippen LogP contribution in [-0.4, -0.2) is 12.4 Å². The number of allylic oxidation sites excluding steroid dienone is 1. The molecular formula is C26H26O2. The molecule has 3 aromatic carbocycles. The summed E-state index contributed by atoms with van der Waals surface area (Å²) in [5.41, 5.74) is 5.82. The van der Waals surface area contributed by atoms with Gasteiger partial charge in [-0.3, -0.25) is 4.79 Å². The Morgan fingerprint density at radius 1 is 0.929 bits per heavy atom. The van der Waals surface area contributed by atoms with E-state index in [1.165, 1.54) is 16.7 Å². The molecule has 0 fully saturated rings. The molecule has 0 amide bonds. The molecule has 1 aliphatic rings. The zero-order valence-corrected chi connectivity index (χ0v) is 16.4. The van der Waals surface area contributed by atoms with Gasteiger partial charge in [0, 0.05) is 5.56 Å². The smallest absolute Gasteiger partial charge is 0.188 e. The van der Waals surface area contributed by atoms with E-state index >= 15 is 0 Å². The summed E-state index contributed by atoms with van der Waals surface area (Å²) in [6.45, 7) is 2.91. The number of carbonyl (C=O) groups is 1. The summed E-state index contributed by atoms with van der Waals surface area (Å²) in [4.78, 5) is 12.0. The molecule has 0 saturated carbocycles. The molecule has 4 rings (SSSR count). The van der Waals surface area contributed by atoms with E-state index in [1.807, 2.05) is 6.07 Å². The topological polar surface area (TPSA) is 26.3 Å². The maximum atomic E-state index is 12.0. The number of hydrogen-bond donors (Lipinski definition) is 0. The molecule has 0 saturated heterocycles. The Hall–Kier alpha value is -2.71. The van der Waals surface area contributed by atoms with Crippen LogP contribution in [0, 0.1) is 0 Å². The van der Waals surface area contributed by atoms with Gasteiger partial charge in [-0.05, 0) is 76.9 Å². The monoisotopic (exact) mass is 370 g/mol. The molecule has 0 aromatic heterocycles. The first-order valence-electron chi connectivity index (χ1n) is 10.1. The van der Waals surface area contributed by atoms with Crippen LogP contribution >= 0.6 is 0 Å². The quantitative estimate of drug-likeness (QED) is 0.486. The first kappa shape index (κ1) is 18.6. The number of fused-ring (bicyclic) bond motifs is 2. The van der Waals surface area contributed by atoms with Crippen LogP contribution in [0.4, 0.5) is 0 Å². The van der Waals surface area contributed by atoms with Crippen molar-refractivity contribution in [3.63, 3.8) is 0 Å². The van der Waals surface area contributed by atoms with Gasteiger partial charge in [0.2, 0.25) is 0 Å². The van der Waals surface area contributed by atoms with Crippen molar-refractivity contribution in [2.45, 2.75) is 39.2 Å². The lowest BCUT2D eigenvalue weighted by molar-refractivity contribution is 0.0666. The number of ketones is 1. The van der Waals surface area contributed by atoms with E-state index in [0.29, 0.717) is 6.61 Å². The fourth-order valence-electron chi connectivity index (χ4n) is 3.76. The fourth-order valence-corrected chi connectivity index (χ4v) is 3.76. The van der Waals surface area contributed by atoms with Crippen molar-refractivity contribution in [3.8, 4) is 0 Å². The molecule has 0 unspecified atom stereocenters. The Labute approximate surface area is 166 Å². The van der Waals surface area contributed by atoms with Crippen molar-refractivity contribution < 1.29 is 9.53 Å². The molecular weight excluding hydrogens is 344 g/mol. The predicted molar refractivity (Wildman–Crippen MR) is 116 cm³/mol. The number of Topliss-reactive ketones (excluding diaryl/α,β-unsaturated/α-hetero) is 1. The van der Waals surface area contributed by atoms with Crippen LogP contribution in [0.1, 0.15) is 52.4 Å². The van der Waals surface area contributed by atoms with Gasteiger partial charge < -0.3 is 4.74 Å². The van der Waals surface area contributed by atoms with Crippen LogP contribution < -0.4 is 0 Å². The molecule has 1 heterocycles. The number of rotatable bonds is 6. The lowest BCUT2D eigenvalue weighted by Crippen LogP contribution is -2.17. The molecule has 3 aromatic rings. The number of benzene rings is 3. The average molecular weight is 370 g/mol. The van der Waals surface area contributed by atoms with Gasteiger partial charge in [0.15, 0.2) is 5.78 Å². The van der Waals surface area contributed by atoms with Crippen LogP contribution in [-0.2, 0) is 24.2 Å². The zero-order valence-electron chi connectivity index (χ0n) is 16.4. The first-order chi connectivity index (χ1) is 13.7. The summed E-state index contributed by atoms with van der Waals surface area (Å²) < 4.78 is 5.36. The third kappa shape index (κ3) is 4.23. The lowest BCUT2D eigenvalue weighted by Gasteiger charge is -2.16. The Bertz CT molecular complexity index is 1010. The van der Waals surface area contributed by atoms with E-state index in [4.69, 9.17) is 4.74 Å². The molecule has 2 nitrogen and oxygen atoms in total. The lowest BCUT2D eigenvalue weighted by atomic mass is 9.96. The summed E-state index contributed by atoms with van der Waals surface area (Å²) in [5, 5.41) is 2.27. The number of aryl methyl sites for hydroxylation is 2. The first-order valence-corrected chi connectivity index (χ1v) is 10.1. The molecule has 142 valence electrons. The largest absolute Gasteiger partial charge is 0.369 e. The molecule has 2 heteroatoms. The van der Waals surface area contributed by atoms with E-state index in [1.54, 1.807) is 0 Å². The third-order valence-corrected chi connectivity index (χ3v) is 5.46. The fraction of sp³-hybridized carbons (Fsp3) is 0.269. The van der Waals surface area contributed by atoms with Crippen LogP contribution in [0.25, 0.3) is 16.8 Å². The van der Waals surface area contributed by atoms with Gasteiger partial charge in [0.25, 0.3) is 0 Å². The molecule has 0 aliphatic carbocycles. The maximum absolute atomic E-state index is 12.0. The maximum Gasteiger partial charge on any atom is 0.188 e. The van der Waals surface area contributed by atoms with E-state index < -0.39 is 0 Å². The van der Waals surface area contributed by atoms with E-state index in [9.17, 15) is 4.79 Å². The van der Waals surface area contributed by atoms with Crippen LogP contribution in [0.15, 0.2) is 60.7 Å². The van der Waals surface area contributed by atoms with Gasteiger partial charge in [0.05, 0.1) is 6.61 Å². The van der Waals surface area contributed by atoms with E-state index in [2.05, 4.69) is 67.6 Å². The second-order valence-corrected chi connectivity index (χ2v) is 7.50. The highest BCUT2D eigenvalue weighted by Crippen LogP contribution is 2.25. The van der Waals surface area contributed by atoms with Gasteiger partial charge in [-0.1, -0.05) is 55.5 Å². The normalized spacial score (nSPS) is 14.0. The van der Waals surface area contributed by atoms with Crippen molar-refractivity contribution >= 4 is 22.6 Å². The summed E-state index contributed by atoms with van der Waals surface area (Å²) in [6.07, 6.45) is 8.89. The molecule has 0 radical (unpaired) electrons. The second-order valence-electron chi connectivity index (χ2n) is 7.50. The Kier molecular flexibility index (Phi) is 5.68. The minimum absolute atomic E-state index is 0.0801. The molecule has 0 spiro atoms. The molecule has 28 heavy (non-hydrogen) atoms. The molecule has 0 atom stereocenters. The van der Waals surface area contributed by atoms with Gasteiger partial charge in [-0.15, -0.1) is 0 Å². The number of ether oxygens (including phenoxy) is 1. The zero-order chi connectivity index (χ0) is 19.3. The van der Waals surface area contributed by atoms with E-state index in [-0.39, 0.29) is 12.4 Å². The third-order valence-electron chi connectivity index (χ3n) is 5.46. The minimum Gasteiger partial charge on any atom is -0.369 e. The Morgan fingerprint density at radius 3 is 2.57 bits per heavy atom. The van der Waals surface area contributed by atoms with Crippen molar-refractivity contribution in [1.29, 1.82) is 0 Å². The Morgan fingerprint density at radius 2 is 1.75 bits per heavy atom. The number of unbranched alkanes of at least 4 members (excludes halogenated alkanes) is 1. The van der Waals surface area contributed by atoms with Gasteiger partial charge >= 0.3 is 0 Å². The van der Waals surface area contributed by atoms with Crippen LogP contribution in [0.3, 0.4) is 0 Å². The van der Waals surface area contributed by atoms with Crippen molar-refractivity contribution in [2.24, 2.45) is 0 Å². The van der Waals surface area contributed by atoms with Crippen molar-refractivity contribution in [1.82, 2.24) is 0 Å². The highest BCUT2D eigenvalue weighted by Gasteiger charge is 2.18. The minimum atomic E-state index is 0.0801. The van der Waals surface area contributed by atoms with Crippen molar-refractivity contribution in [2.75, 3.05) is 6.61 Å². The predicted octanol–water partition coefficient (Wildman–Crippen LogP) is 6.15. The highest BCUT2D eigenvalue weighted by molar-refractivity contribution is 6.03. The summed E-state index contributed by atoms with van der Waals surface area (Å²) in [6, 6.07) is 19.5. The Balaban J connectivity index is 1.38. The van der Waals surface area contributed by atoms with Crippen LogP contribution in [0.5, 0.6) is 0 Å². The second kappa shape index (κ2) is 8.53. The molecule has 0 bridgehead atoms. The molecule has 0 N–H and O–H groups in total.